The van der Waals surface area contributed by atoms with E-state index in [-0.39, 0.29) is 0 Å². The molecular weight excluding hydrogens is 304 g/mol. The summed E-state index contributed by atoms with van der Waals surface area (Å²) in [5.74, 6) is 1.11. The van der Waals surface area contributed by atoms with E-state index in [9.17, 15) is 0 Å². The van der Waals surface area contributed by atoms with Gasteiger partial charge < -0.3 is 10.6 Å². The highest BCUT2D eigenvalue weighted by atomic mass is 15.3. The summed E-state index contributed by atoms with van der Waals surface area (Å²) >= 11 is 0. The van der Waals surface area contributed by atoms with Gasteiger partial charge in [-0.2, -0.15) is 10.1 Å². The quantitative estimate of drug-likeness (QED) is 0.613. The summed E-state index contributed by atoms with van der Waals surface area (Å²) in [6.45, 7) is 0.686. The number of aromatic nitrogens is 6. The van der Waals surface area contributed by atoms with Crippen molar-refractivity contribution in [3.8, 4) is 5.69 Å². The Morgan fingerprint density at radius 1 is 1.21 bits per heavy atom. The molecule has 0 unspecified atom stereocenters. The first kappa shape index (κ1) is 14.2. The number of nitrogens with two attached hydrogens (primary N) is 1. The maximum atomic E-state index is 5.95. The van der Waals surface area contributed by atoms with Gasteiger partial charge in [0.1, 0.15) is 12.1 Å². The van der Waals surface area contributed by atoms with E-state index in [0.29, 0.717) is 18.1 Å². The van der Waals surface area contributed by atoms with Gasteiger partial charge in [-0.3, -0.25) is 4.40 Å². The molecule has 0 fully saturated rings. The van der Waals surface area contributed by atoms with Crippen molar-refractivity contribution in [1.29, 1.82) is 0 Å². The lowest BCUT2D eigenvalue weighted by Crippen LogP contribution is -2.19. The summed E-state index contributed by atoms with van der Waals surface area (Å²) in [7, 11) is 1.97. The Bertz CT molecular complexity index is 973. The molecule has 0 amide bonds. The van der Waals surface area contributed by atoms with Gasteiger partial charge in [0.15, 0.2) is 5.65 Å². The number of hydrogen-bond donors (Lipinski definition) is 1. The summed E-state index contributed by atoms with van der Waals surface area (Å²) < 4.78 is 3.48. The predicted molar refractivity (Wildman–Crippen MR) is 90.9 cm³/mol. The lowest BCUT2D eigenvalue weighted by Gasteiger charge is -2.19. The van der Waals surface area contributed by atoms with Crippen molar-refractivity contribution in [3.63, 3.8) is 0 Å². The van der Waals surface area contributed by atoms with Crippen molar-refractivity contribution in [2.45, 2.75) is 6.54 Å². The maximum absolute atomic E-state index is 5.95. The number of nitrogens with zero attached hydrogens (tertiary/aromatic N) is 7. The fourth-order valence-corrected chi connectivity index (χ4v) is 2.61. The molecule has 0 radical (unpaired) electrons. The Kier molecular flexibility index (Phi) is 3.34. The molecule has 0 saturated heterocycles. The van der Waals surface area contributed by atoms with Crippen LogP contribution in [0.4, 0.5) is 11.8 Å². The molecular formula is C16H16N8. The van der Waals surface area contributed by atoms with Gasteiger partial charge in [-0.25, -0.2) is 4.68 Å². The van der Waals surface area contributed by atoms with Crippen LogP contribution in [0.25, 0.3) is 11.3 Å². The molecule has 0 aliphatic carbocycles. The number of benzene rings is 1. The SMILES string of the molecule is CN(Cc1cccc(-n2cccn2)c1)c1cc2nncn2c(N)n1. The van der Waals surface area contributed by atoms with Crippen LogP contribution in [0.5, 0.6) is 0 Å². The van der Waals surface area contributed by atoms with Crippen LogP contribution in [-0.2, 0) is 6.54 Å². The fourth-order valence-electron chi connectivity index (χ4n) is 2.61. The van der Waals surface area contributed by atoms with Gasteiger partial charge in [0.05, 0.1) is 5.69 Å². The van der Waals surface area contributed by atoms with Crippen molar-refractivity contribution < 1.29 is 0 Å². The van der Waals surface area contributed by atoms with Gasteiger partial charge in [0.2, 0.25) is 5.95 Å². The molecule has 4 aromatic rings. The minimum atomic E-state index is 0.365. The Morgan fingerprint density at radius 3 is 2.96 bits per heavy atom. The van der Waals surface area contributed by atoms with Gasteiger partial charge >= 0.3 is 0 Å². The first-order valence-electron chi connectivity index (χ1n) is 7.47. The average molecular weight is 320 g/mol. The van der Waals surface area contributed by atoms with Gasteiger partial charge in [0, 0.05) is 32.1 Å². The molecule has 1 aromatic carbocycles. The summed E-state index contributed by atoms with van der Waals surface area (Å²) in [6, 6.07) is 12.0. The third-order valence-corrected chi connectivity index (χ3v) is 3.80. The van der Waals surface area contributed by atoms with Crippen molar-refractivity contribution in [2.24, 2.45) is 0 Å². The second kappa shape index (κ2) is 5.65. The monoisotopic (exact) mass is 320 g/mol. The molecule has 24 heavy (non-hydrogen) atoms. The van der Waals surface area contributed by atoms with Crippen LogP contribution < -0.4 is 10.6 Å². The van der Waals surface area contributed by atoms with Crippen LogP contribution in [-0.4, -0.2) is 36.4 Å². The highest BCUT2D eigenvalue weighted by Crippen LogP contribution is 2.18. The second-order valence-electron chi connectivity index (χ2n) is 5.51. The van der Waals surface area contributed by atoms with Crippen molar-refractivity contribution >= 4 is 17.4 Å². The van der Waals surface area contributed by atoms with Crippen LogP contribution in [0, 0.1) is 0 Å². The molecule has 0 spiro atoms. The van der Waals surface area contributed by atoms with Crippen molar-refractivity contribution in [1.82, 2.24) is 29.4 Å². The third-order valence-electron chi connectivity index (χ3n) is 3.80. The van der Waals surface area contributed by atoms with Gasteiger partial charge in [-0.1, -0.05) is 12.1 Å². The zero-order valence-corrected chi connectivity index (χ0v) is 13.1. The molecule has 0 atom stereocenters. The zero-order chi connectivity index (χ0) is 16.5. The lowest BCUT2D eigenvalue weighted by atomic mass is 10.2. The molecule has 120 valence electrons. The highest BCUT2D eigenvalue weighted by Gasteiger charge is 2.09. The van der Waals surface area contributed by atoms with E-state index in [0.717, 1.165) is 17.1 Å². The molecule has 0 bridgehead atoms. The summed E-state index contributed by atoms with van der Waals surface area (Å²) in [5, 5.41) is 12.1. The van der Waals surface area contributed by atoms with Crippen molar-refractivity contribution in [3.05, 3.63) is 60.7 Å². The molecule has 4 rings (SSSR count). The van der Waals surface area contributed by atoms with E-state index in [1.54, 1.807) is 16.9 Å². The van der Waals surface area contributed by atoms with Crippen LogP contribution in [0.1, 0.15) is 5.56 Å². The van der Waals surface area contributed by atoms with E-state index < -0.39 is 0 Å². The highest BCUT2D eigenvalue weighted by molar-refractivity contribution is 5.55. The molecule has 8 nitrogen and oxygen atoms in total. The minimum Gasteiger partial charge on any atom is -0.369 e. The number of fused-ring (bicyclic) bond motifs is 1. The molecule has 0 aliphatic heterocycles. The normalized spacial score (nSPS) is 11.0. The number of nitrogen functional groups attached to an aromatic ring is 1. The van der Waals surface area contributed by atoms with Crippen molar-refractivity contribution in [2.75, 3.05) is 17.7 Å². The first-order valence-corrected chi connectivity index (χ1v) is 7.47. The number of rotatable bonds is 4. The molecule has 0 saturated carbocycles. The Hall–Kier alpha value is -3.42. The molecule has 3 aromatic heterocycles. The Labute approximate surface area is 138 Å². The Morgan fingerprint density at radius 2 is 2.12 bits per heavy atom. The summed E-state index contributed by atoms with van der Waals surface area (Å²) in [5.41, 5.74) is 8.80. The standard InChI is InChI=1S/C16H16N8/c1-22(14-9-15-21-18-11-23(15)16(17)20-14)10-12-4-2-5-13(8-12)24-7-3-6-19-24/h2-9,11H,10H2,1H3,(H2,17,20). The van der Waals surface area contributed by atoms with E-state index in [4.69, 9.17) is 5.73 Å². The van der Waals surface area contributed by atoms with Crippen LogP contribution in [0.15, 0.2) is 55.1 Å². The van der Waals surface area contributed by atoms with Gasteiger partial charge in [-0.15, -0.1) is 10.2 Å². The number of anilines is 2. The third kappa shape index (κ3) is 2.54. The molecule has 2 N–H and O–H groups in total. The smallest absolute Gasteiger partial charge is 0.209 e. The van der Waals surface area contributed by atoms with E-state index in [1.165, 1.54) is 0 Å². The van der Waals surface area contributed by atoms with E-state index >= 15 is 0 Å². The van der Waals surface area contributed by atoms with Gasteiger partial charge in [0.25, 0.3) is 0 Å². The van der Waals surface area contributed by atoms with Crippen LogP contribution in [0.3, 0.4) is 0 Å². The van der Waals surface area contributed by atoms with Crippen LogP contribution >= 0.6 is 0 Å². The average Bonchev–Trinajstić information content (AvgIpc) is 3.26. The first-order chi connectivity index (χ1) is 11.7. The minimum absolute atomic E-state index is 0.365. The topological polar surface area (TPSA) is 90.2 Å². The zero-order valence-electron chi connectivity index (χ0n) is 13.1. The largest absolute Gasteiger partial charge is 0.369 e. The molecule has 3 heterocycles. The van der Waals surface area contributed by atoms with Gasteiger partial charge in [-0.05, 0) is 23.8 Å². The Balaban J connectivity index is 1.61. The van der Waals surface area contributed by atoms with Crippen LogP contribution in [0.2, 0.25) is 0 Å². The summed E-state index contributed by atoms with van der Waals surface area (Å²) in [4.78, 5) is 6.43. The van der Waals surface area contributed by atoms with E-state index in [1.807, 2.05) is 47.1 Å². The van der Waals surface area contributed by atoms with E-state index in [2.05, 4.69) is 32.4 Å². The molecule has 0 aliphatic rings. The maximum Gasteiger partial charge on any atom is 0.209 e. The fraction of sp³-hybridized carbons (Fsp3) is 0.125. The lowest BCUT2D eigenvalue weighted by molar-refractivity contribution is 0.863. The second-order valence-corrected chi connectivity index (χ2v) is 5.51. The number of hydrogen-bond acceptors (Lipinski definition) is 6. The predicted octanol–water partition coefficient (Wildman–Crippen LogP) is 1.53. The summed E-state index contributed by atoms with van der Waals surface area (Å²) in [6.07, 6.45) is 5.23. The molecule has 8 heteroatoms.